The summed E-state index contributed by atoms with van der Waals surface area (Å²) in [4.78, 5) is 10.1. The molecule has 4 nitrogen and oxygen atoms in total. The molecule has 0 bridgehead atoms. The Labute approximate surface area is 100 Å². The monoisotopic (exact) mass is 236 g/mol. The van der Waals surface area contributed by atoms with Crippen molar-refractivity contribution in [3.63, 3.8) is 0 Å². The molecule has 2 fully saturated rings. The van der Waals surface area contributed by atoms with Crippen LogP contribution in [0.2, 0.25) is 0 Å². The Bertz CT molecular complexity index is 398. The summed E-state index contributed by atoms with van der Waals surface area (Å²) in [5, 5.41) is 3.32. The number of rotatable bonds is 2. The first kappa shape index (κ1) is 10.9. The maximum absolute atomic E-state index is 12.9. The molecule has 0 saturated carbocycles. The van der Waals surface area contributed by atoms with Gasteiger partial charge in [-0.05, 0) is 32.2 Å². The predicted molar refractivity (Wildman–Crippen MR) is 63.2 cm³/mol. The lowest BCUT2D eigenvalue weighted by Crippen LogP contribution is -2.42. The molecule has 2 saturated heterocycles. The van der Waals surface area contributed by atoms with E-state index < -0.39 is 5.95 Å². The molecule has 1 aromatic rings. The molecule has 0 spiro atoms. The Kier molecular flexibility index (Phi) is 2.93. The van der Waals surface area contributed by atoms with Crippen LogP contribution in [0.25, 0.3) is 0 Å². The molecule has 2 atom stereocenters. The summed E-state index contributed by atoms with van der Waals surface area (Å²) in [6, 6.07) is 2.50. The quantitative estimate of drug-likeness (QED) is 0.793. The van der Waals surface area contributed by atoms with Gasteiger partial charge in [0.2, 0.25) is 5.95 Å². The zero-order valence-electron chi connectivity index (χ0n) is 9.77. The van der Waals surface area contributed by atoms with Gasteiger partial charge in [0.15, 0.2) is 0 Å². The fourth-order valence-electron chi connectivity index (χ4n) is 2.98. The molecule has 3 heterocycles. The summed E-state index contributed by atoms with van der Waals surface area (Å²) in [5.41, 5.74) is 0. The van der Waals surface area contributed by atoms with Crippen molar-refractivity contribution in [1.82, 2.24) is 14.9 Å². The van der Waals surface area contributed by atoms with Crippen LogP contribution in [0.15, 0.2) is 12.4 Å². The van der Waals surface area contributed by atoms with Gasteiger partial charge in [-0.3, -0.25) is 0 Å². The third kappa shape index (κ3) is 2.39. The van der Waals surface area contributed by atoms with Crippen LogP contribution in [-0.2, 0) is 0 Å². The fraction of sp³-hybridized carbons (Fsp3) is 0.667. The average Bonchev–Trinajstić information content (AvgIpc) is 2.76. The molecule has 0 aromatic carbocycles. The minimum absolute atomic E-state index is 0.420. The molecule has 2 aliphatic rings. The van der Waals surface area contributed by atoms with E-state index in [0.29, 0.717) is 17.9 Å². The van der Waals surface area contributed by atoms with Crippen molar-refractivity contribution in [3.05, 3.63) is 18.3 Å². The second kappa shape index (κ2) is 4.56. The van der Waals surface area contributed by atoms with Gasteiger partial charge in [0, 0.05) is 24.7 Å². The molecule has 1 N–H and O–H groups in total. The molecule has 5 heteroatoms. The smallest absolute Gasteiger partial charge is 0.217 e. The Morgan fingerprint density at radius 2 is 2.24 bits per heavy atom. The third-order valence-corrected chi connectivity index (χ3v) is 3.81. The highest BCUT2D eigenvalue weighted by atomic mass is 19.1. The summed E-state index contributed by atoms with van der Waals surface area (Å²) >= 11 is 0. The lowest BCUT2D eigenvalue weighted by Gasteiger charge is -2.35. The van der Waals surface area contributed by atoms with Gasteiger partial charge in [0.05, 0.1) is 0 Å². The molecule has 2 unspecified atom stereocenters. The Hall–Kier alpha value is -1.23. The van der Waals surface area contributed by atoms with Gasteiger partial charge in [0.1, 0.15) is 12.1 Å². The zero-order chi connectivity index (χ0) is 11.7. The number of aromatic nitrogens is 2. The number of piperidine rings is 1. The molecule has 3 rings (SSSR count). The van der Waals surface area contributed by atoms with Crippen LogP contribution in [-0.4, -0.2) is 40.0 Å². The van der Waals surface area contributed by atoms with E-state index in [1.54, 1.807) is 0 Å². The van der Waals surface area contributed by atoms with Crippen molar-refractivity contribution in [2.24, 2.45) is 0 Å². The van der Waals surface area contributed by atoms with Gasteiger partial charge >= 0.3 is 0 Å². The highest BCUT2D eigenvalue weighted by Gasteiger charge is 2.31. The van der Waals surface area contributed by atoms with Crippen LogP contribution in [0.4, 0.5) is 10.2 Å². The van der Waals surface area contributed by atoms with Crippen LogP contribution < -0.4 is 5.32 Å². The van der Waals surface area contributed by atoms with E-state index in [1.165, 1.54) is 31.8 Å². The summed E-state index contributed by atoms with van der Waals surface area (Å²) < 4.78 is 12.9. The Morgan fingerprint density at radius 1 is 1.29 bits per heavy atom. The largest absolute Gasteiger partial charge is 0.367 e. The SMILES string of the molecule is Fc1cc(NC2CCN3CCCC3C2)ncn1. The first-order chi connectivity index (χ1) is 8.31. The molecule has 92 valence electrons. The first-order valence-electron chi connectivity index (χ1n) is 6.29. The topological polar surface area (TPSA) is 41.0 Å². The lowest BCUT2D eigenvalue weighted by molar-refractivity contribution is 0.188. The minimum atomic E-state index is -0.471. The molecule has 2 aliphatic heterocycles. The van der Waals surface area contributed by atoms with Crippen molar-refractivity contribution in [1.29, 1.82) is 0 Å². The number of hydrogen-bond acceptors (Lipinski definition) is 4. The summed E-state index contributed by atoms with van der Waals surface area (Å²) in [7, 11) is 0. The van der Waals surface area contributed by atoms with E-state index in [4.69, 9.17) is 0 Å². The van der Waals surface area contributed by atoms with E-state index in [0.717, 1.165) is 19.4 Å². The maximum Gasteiger partial charge on any atom is 0.217 e. The summed E-state index contributed by atoms with van der Waals surface area (Å²) in [6.45, 7) is 2.40. The maximum atomic E-state index is 12.9. The number of hydrogen-bond donors (Lipinski definition) is 1. The number of nitrogens with one attached hydrogen (secondary N) is 1. The van der Waals surface area contributed by atoms with Gasteiger partial charge in [-0.25, -0.2) is 9.97 Å². The number of halogens is 1. The van der Waals surface area contributed by atoms with Gasteiger partial charge in [-0.2, -0.15) is 4.39 Å². The highest BCUT2D eigenvalue weighted by Crippen LogP contribution is 2.28. The zero-order valence-corrected chi connectivity index (χ0v) is 9.77. The molecule has 17 heavy (non-hydrogen) atoms. The second-order valence-corrected chi connectivity index (χ2v) is 4.92. The first-order valence-corrected chi connectivity index (χ1v) is 6.29. The number of nitrogens with zero attached hydrogens (tertiary/aromatic N) is 3. The van der Waals surface area contributed by atoms with Gasteiger partial charge in [0.25, 0.3) is 0 Å². The van der Waals surface area contributed by atoms with Crippen LogP contribution in [0.5, 0.6) is 0 Å². The van der Waals surface area contributed by atoms with Crippen molar-refractivity contribution >= 4 is 5.82 Å². The van der Waals surface area contributed by atoms with E-state index >= 15 is 0 Å². The number of anilines is 1. The molecular formula is C12H17FN4. The van der Waals surface area contributed by atoms with Crippen LogP contribution >= 0.6 is 0 Å². The van der Waals surface area contributed by atoms with Crippen molar-refractivity contribution in [2.75, 3.05) is 18.4 Å². The average molecular weight is 236 g/mol. The van der Waals surface area contributed by atoms with Crippen LogP contribution in [0.1, 0.15) is 25.7 Å². The van der Waals surface area contributed by atoms with Gasteiger partial charge in [-0.15, -0.1) is 0 Å². The normalized spacial score (nSPS) is 29.0. The molecule has 0 aliphatic carbocycles. The minimum Gasteiger partial charge on any atom is -0.367 e. The molecule has 0 amide bonds. The van der Waals surface area contributed by atoms with E-state index in [-0.39, 0.29) is 0 Å². The lowest BCUT2D eigenvalue weighted by atomic mass is 9.98. The van der Waals surface area contributed by atoms with Crippen LogP contribution in [0, 0.1) is 5.95 Å². The summed E-state index contributed by atoms with van der Waals surface area (Å²) in [5.74, 6) is 0.134. The molecule has 1 aromatic heterocycles. The van der Waals surface area contributed by atoms with Crippen molar-refractivity contribution < 1.29 is 4.39 Å². The summed E-state index contributed by atoms with van der Waals surface area (Å²) in [6.07, 6.45) is 6.14. The Morgan fingerprint density at radius 3 is 3.12 bits per heavy atom. The van der Waals surface area contributed by atoms with Gasteiger partial charge in [-0.1, -0.05) is 0 Å². The van der Waals surface area contributed by atoms with Gasteiger partial charge < -0.3 is 10.2 Å². The fourth-order valence-corrected chi connectivity index (χ4v) is 2.98. The standard InChI is InChI=1S/C12H17FN4/c13-11-7-12(15-8-14-11)16-9-3-5-17-4-1-2-10(17)6-9/h7-10H,1-6H2,(H,14,15,16). The van der Waals surface area contributed by atoms with E-state index in [1.807, 2.05) is 0 Å². The highest BCUT2D eigenvalue weighted by molar-refractivity contribution is 5.33. The Balaban J connectivity index is 1.62. The number of fused-ring (bicyclic) bond motifs is 1. The predicted octanol–water partition coefficient (Wildman–Crippen LogP) is 1.65. The van der Waals surface area contributed by atoms with E-state index in [9.17, 15) is 4.39 Å². The van der Waals surface area contributed by atoms with Crippen molar-refractivity contribution in [2.45, 2.75) is 37.8 Å². The van der Waals surface area contributed by atoms with E-state index in [2.05, 4.69) is 20.2 Å². The molecular weight excluding hydrogens is 219 g/mol. The second-order valence-electron chi connectivity index (χ2n) is 4.92. The van der Waals surface area contributed by atoms with Crippen LogP contribution in [0.3, 0.4) is 0 Å². The third-order valence-electron chi connectivity index (χ3n) is 3.81. The molecule has 0 radical (unpaired) electrons. The van der Waals surface area contributed by atoms with Crippen molar-refractivity contribution in [3.8, 4) is 0 Å².